The molecule has 1 saturated heterocycles. The first-order valence-corrected chi connectivity index (χ1v) is 6.31. The molecule has 0 saturated carbocycles. The zero-order valence-electron chi connectivity index (χ0n) is 11.3. The van der Waals surface area contributed by atoms with Crippen LogP contribution in [0.15, 0.2) is 12.1 Å². The number of aromatic hydroxyl groups is 1. The molecule has 1 aromatic carbocycles. The van der Waals surface area contributed by atoms with Crippen LogP contribution in [0.25, 0.3) is 0 Å². The van der Waals surface area contributed by atoms with Crippen molar-refractivity contribution in [3.05, 3.63) is 27.8 Å². The van der Waals surface area contributed by atoms with E-state index >= 15 is 0 Å². The Labute approximate surface area is 120 Å². The van der Waals surface area contributed by atoms with Crippen molar-refractivity contribution in [3.63, 3.8) is 0 Å². The van der Waals surface area contributed by atoms with Gasteiger partial charge >= 0.3 is 0 Å². The molecule has 21 heavy (non-hydrogen) atoms. The number of carbonyl (C=O) groups is 2. The summed E-state index contributed by atoms with van der Waals surface area (Å²) in [7, 11) is 1.28. The van der Waals surface area contributed by atoms with Crippen LogP contribution in [-0.4, -0.2) is 46.8 Å². The fraction of sp³-hybridized carbons (Fsp3) is 0.385. The highest BCUT2D eigenvalue weighted by Gasteiger charge is 2.33. The summed E-state index contributed by atoms with van der Waals surface area (Å²) in [6.45, 7) is 0.364. The molecule has 2 rings (SSSR count). The van der Waals surface area contributed by atoms with Crippen molar-refractivity contribution < 1.29 is 24.4 Å². The average Bonchev–Trinajstić information content (AvgIpc) is 2.94. The topological polar surface area (TPSA) is 110 Å². The molecule has 1 fully saturated rings. The Bertz CT molecular complexity index is 601. The van der Waals surface area contributed by atoms with E-state index in [2.05, 4.69) is 0 Å². The van der Waals surface area contributed by atoms with Crippen molar-refractivity contribution in [3.8, 4) is 11.5 Å². The van der Waals surface area contributed by atoms with Gasteiger partial charge in [-0.3, -0.25) is 14.9 Å². The lowest BCUT2D eigenvalue weighted by molar-refractivity contribution is -0.385. The number of hydrogen-bond acceptors (Lipinski definition) is 6. The first kappa shape index (κ1) is 14.8. The summed E-state index contributed by atoms with van der Waals surface area (Å²) < 4.78 is 4.87. The van der Waals surface area contributed by atoms with Gasteiger partial charge < -0.3 is 19.5 Å². The highest BCUT2D eigenvalue weighted by Crippen LogP contribution is 2.35. The average molecular weight is 294 g/mol. The summed E-state index contributed by atoms with van der Waals surface area (Å²) in [6.07, 6.45) is 1.87. The molecule has 1 aromatic rings. The normalized spacial score (nSPS) is 17.6. The molecule has 8 nitrogen and oxygen atoms in total. The minimum atomic E-state index is -0.752. The number of nitro groups is 1. The molecule has 112 valence electrons. The Hall–Kier alpha value is -2.64. The van der Waals surface area contributed by atoms with E-state index in [9.17, 15) is 24.8 Å². The van der Waals surface area contributed by atoms with Gasteiger partial charge in [-0.15, -0.1) is 0 Å². The van der Waals surface area contributed by atoms with Gasteiger partial charge in [-0.2, -0.15) is 0 Å². The number of likely N-dealkylation sites (tertiary alicyclic amines) is 1. The summed E-state index contributed by atoms with van der Waals surface area (Å²) in [4.78, 5) is 35.0. The van der Waals surface area contributed by atoms with Gasteiger partial charge in [0, 0.05) is 12.6 Å². The molecule has 1 aliphatic rings. The van der Waals surface area contributed by atoms with Gasteiger partial charge in [-0.05, 0) is 12.8 Å². The number of phenols is 1. The highest BCUT2D eigenvalue weighted by molar-refractivity contribution is 6.00. The van der Waals surface area contributed by atoms with Gasteiger partial charge in [0.15, 0.2) is 11.5 Å². The second-order valence-electron chi connectivity index (χ2n) is 4.64. The summed E-state index contributed by atoms with van der Waals surface area (Å²) in [5, 5.41) is 20.7. The summed E-state index contributed by atoms with van der Waals surface area (Å²) >= 11 is 0. The van der Waals surface area contributed by atoms with Crippen molar-refractivity contribution in [2.24, 2.45) is 0 Å². The van der Waals surface area contributed by atoms with Crippen LogP contribution in [0.3, 0.4) is 0 Å². The zero-order chi connectivity index (χ0) is 15.6. The molecule has 0 aromatic heterocycles. The van der Waals surface area contributed by atoms with Gasteiger partial charge in [0.25, 0.3) is 11.6 Å². The number of phenolic OH excluding ortho intramolecular Hbond substituents is 1. The first-order valence-electron chi connectivity index (χ1n) is 6.31. The Morgan fingerprint density at radius 2 is 2.29 bits per heavy atom. The fourth-order valence-corrected chi connectivity index (χ4v) is 2.38. The number of aldehydes is 1. The van der Waals surface area contributed by atoms with Crippen molar-refractivity contribution in [2.75, 3.05) is 13.7 Å². The van der Waals surface area contributed by atoms with Gasteiger partial charge in [-0.25, -0.2) is 0 Å². The van der Waals surface area contributed by atoms with Crippen molar-refractivity contribution in [2.45, 2.75) is 18.9 Å². The molecule has 1 unspecified atom stereocenters. The fourth-order valence-electron chi connectivity index (χ4n) is 2.38. The molecule has 0 radical (unpaired) electrons. The Morgan fingerprint density at radius 1 is 1.57 bits per heavy atom. The maximum absolute atomic E-state index is 12.4. The molecule has 1 aliphatic heterocycles. The van der Waals surface area contributed by atoms with Gasteiger partial charge in [-0.1, -0.05) is 0 Å². The molecule has 1 heterocycles. The molecule has 0 aliphatic carbocycles. The number of hydrogen-bond donors (Lipinski definition) is 1. The summed E-state index contributed by atoms with van der Waals surface area (Å²) in [6, 6.07) is 1.42. The molecular formula is C13H14N2O6. The number of amides is 1. The van der Waals surface area contributed by atoms with Gasteiger partial charge in [0.05, 0.1) is 24.1 Å². The van der Waals surface area contributed by atoms with E-state index in [1.807, 2.05) is 0 Å². The van der Waals surface area contributed by atoms with Crippen molar-refractivity contribution in [1.29, 1.82) is 0 Å². The molecule has 1 N–H and O–H groups in total. The lowest BCUT2D eigenvalue weighted by atomic mass is 10.1. The monoisotopic (exact) mass is 294 g/mol. The third-order valence-electron chi connectivity index (χ3n) is 3.44. The number of benzene rings is 1. The number of carbonyl (C=O) groups excluding carboxylic acids is 2. The van der Waals surface area contributed by atoms with E-state index in [4.69, 9.17) is 4.74 Å². The van der Waals surface area contributed by atoms with Crippen molar-refractivity contribution >= 4 is 17.9 Å². The first-order chi connectivity index (χ1) is 9.99. The van der Waals surface area contributed by atoms with Crippen LogP contribution < -0.4 is 4.74 Å². The summed E-state index contributed by atoms with van der Waals surface area (Å²) in [5.74, 6) is -1.07. The van der Waals surface area contributed by atoms with Crippen molar-refractivity contribution in [1.82, 2.24) is 4.90 Å². The number of nitrogens with zero attached hydrogens (tertiary/aromatic N) is 2. The van der Waals surface area contributed by atoms with E-state index in [1.54, 1.807) is 0 Å². The molecular weight excluding hydrogens is 280 g/mol. The zero-order valence-corrected chi connectivity index (χ0v) is 11.3. The smallest absolute Gasteiger partial charge is 0.286 e. The van der Waals surface area contributed by atoms with Crippen LogP contribution in [0.4, 0.5) is 5.69 Å². The molecule has 8 heteroatoms. The van der Waals surface area contributed by atoms with Gasteiger partial charge in [0.2, 0.25) is 0 Å². The van der Waals surface area contributed by atoms with E-state index in [0.29, 0.717) is 25.7 Å². The minimum absolute atomic E-state index is 0.0363. The van der Waals surface area contributed by atoms with Crippen LogP contribution in [0.2, 0.25) is 0 Å². The van der Waals surface area contributed by atoms with Crippen LogP contribution in [0.5, 0.6) is 11.5 Å². The lowest BCUT2D eigenvalue weighted by Gasteiger charge is -2.20. The Balaban J connectivity index is 2.48. The molecule has 1 atom stereocenters. The minimum Gasteiger partial charge on any atom is -0.504 e. The highest BCUT2D eigenvalue weighted by atomic mass is 16.6. The predicted molar refractivity (Wildman–Crippen MR) is 71.4 cm³/mol. The number of methoxy groups -OCH3 is 1. The second-order valence-corrected chi connectivity index (χ2v) is 4.64. The maximum Gasteiger partial charge on any atom is 0.286 e. The summed E-state index contributed by atoms with van der Waals surface area (Å²) in [5.41, 5.74) is -0.724. The third kappa shape index (κ3) is 2.64. The SMILES string of the molecule is COc1cc(C(=O)N2CCCC2C=O)c([N+](=O)[O-])cc1O. The predicted octanol–water partition coefficient (Wildman–Crippen LogP) is 1.11. The van der Waals surface area contributed by atoms with Crippen LogP contribution in [0, 0.1) is 10.1 Å². The van der Waals surface area contributed by atoms with Crippen LogP contribution >= 0.6 is 0 Å². The van der Waals surface area contributed by atoms with Crippen LogP contribution in [0.1, 0.15) is 23.2 Å². The standard InChI is InChI=1S/C13H14N2O6/c1-21-12-5-9(10(15(19)20)6-11(12)17)13(18)14-4-2-3-8(14)7-16/h5-8,17H,2-4H2,1H3. The quantitative estimate of drug-likeness (QED) is 0.506. The Kier molecular flexibility index (Phi) is 4.06. The third-order valence-corrected chi connectivity index (χ3v) is 3.44. The van der Waals surface area contributed by atoms with E-state index in [1.165, 1.54) is 12.0 Å². The van der Waals surface area contributed by atoms with E-state index in [-0.39, 0.29) is 11.3 Å². The molecule has 0 bridgehead atoms. The Morgan fingerprint density at radius 3 is 2.86 bits per heavy atom. The maximum atomic E-state index is 12.4. The largest absolute Gasteiger partial charge is 0.504 e. The number of ether oxygens (including phenoxy) is 1. The molecule has 0 spiro atoms. The number of nitro benzene ring substituents is 1. The van der Waals surface area contributed by atoms with Crippen LogP contribution in [-0.2, 0) is 4.79 Å². The second kappa shape index (κ2) is 5.78. The number of rotatable bonds is 4. The van der Waals surface area contributed by atoms with Gasteiger partial charge in [0.1, 0.15) is 11.8 Å². The van der Waals surface area contributed by atoms with E-state index < -0.39 is 28.3 Å². The van der Waals surface area contributed by atoms with E-state index in [0.717, 1.165) is 12.1 Å². The lowest BCUT2D eigenvalue weighted by Crippen LogP contribution is -2.36. The molecule has 1 amide bonds.